The summed E-state index contributed by atoms with van der Waals surface area (Å²) >= 11 is 0. The Hall–Kier alpha value is -2.36. The third-order valence-corrected chi connectivity index (χ3v) is 3.55. The van der Waals surface area contributed by atoms with Gasteiger partial charge in [-0.25, -0.2) is 4.98 Å². The molecule has 0 bridgehead atoms. The molecule has 0 aliphatic carbocycles. The first-order valence-corrected chi connectivity index (χ1v) is 6.76. The van der Waals surface area contributed by atoms with Gasteiger partial charge in [0.15, 0.2) is 0 Å². The number of allylic oxidation sites excluding steroid dienone is 1. The number of fused-ring (bicyclic) bond motifs is 1. The Balaban J connectivity index is 1.93. The van der Waals surface area contributed by atoms with Crippen LogP contribution in [0.25, 0.3) is 5.57 Å². The topological polar surface area (TPSA) is 46.9 Å². The van der Waals surface area contributed by atoms with E-state index >= 15 is 0 Å². The van der Waals surface area contributed by atoms with Gasteiger partial charge in [0.25, 0.3) is 0 Å². The fraction of sp³-hybridized carbons (Fsp3) is 0.250. The van der Waals surface area contributed by atoms with Crippen molar-refractivity contribution < 1.29 is 4.79 Å². The summed E-state index contributed by atoms with van der Waals surface area (Å²) in [5.74, 6) is 1.00. The van der Waals surface area contributed by atoms with Crippen molar-refractivity contribution in [3.8, 4) is 0 Å². The lowest BCUT2D eigenvalue weighted by atomic mass is 9.99. The molecule has 0 fully saturated rings. The summed E-state index contributed by atoms with van der Waals surface area (Å²) in [5.41, 5.74) is 4.36. The number of rotatable bonds is 2. The molecule has 0 radical (unpaired) electrons. The van der Waals surface area contributed by atoms with E-state index in [2.05, 4.69) is 20.9 Å². The molecule has 4 heteroatoms. The van der Waals surface area contributed by atoms with Crippen molar-refractivity contribution in [2.75, 3.05) is 5.32 Å². The molecule has 1 aliphatic rings. The van der Waals surface area contributed by atoms with E-state index in [0.29, 0.717) is 0 Å². The van der Waals surface area contributed by atoms with Crippen molar-refractivity contribution in [1.29, 1.82) is 0 Å². The standard InChI is InChI=1S/C16H17N3O/c1-11-17-10-16-15(4-3-9-19(11)16)13-5-7-14(8-6-13)18-12(2)20/h4-8,10H,3,9H2,1-2H3,(H,18,20). The van der Waals surface area contributed by atoms with Crippen molar-refractivity contribution >= 4 is 17.2 Å². The van der Waals surface area contributed by atoms with Crippen molar-refractivity contribution in [2.24, 2.45) is 0 Å². The third-order valence-electron chi connectivity index (χ3n) is 3.55. The van der Waals surface area contributed by atoms with Crippen molar-refractivity contribution in [1.82, 2.24) is 9.55 Å². The van der Waals surface area contributed by atoms with E-state index in [1.54, 1.807) is 0 Å². The Bertz CT molecular complexity index is 680. The number of carbonyl (C=O) groups is 1. The molecule has 0 atom stereocenters. The average Bonchev–Trinajstić information content (AvgIpc) is 2.81. The quantitative estimate of drug-likeness (QED) is 0.909. The van der Waals surface area contributed by atoms with Gasteiger partial charge >= 0.3 is 0 Å². The van der Waals surface area contributed by atoms with E-state index in [9.17, 15) is 4.79 Å². The first-order chi connectivity index (χ1) is 9.65. The van der Waals surface area contributed by atoms with Gasteiger partial charge in [0, 0.05) is 24.7 Å². The van der Waals surface area contributed by atoms with Crippen LogP contribution in [0.3, 0.4) is 0 Å². The summed E-state index contributed by atoms with van der Waals surface area (Å²) in [6.45, 7) is 4.54. The van der Waals surface area contributed by atoms with Gasteiger partial charge < -0.3 is 9.88 Å². The molecule has 20 heavy (non-hydrogen) atoms. The Morgan fingerprint density at radius 3 is 2.75 bits per heavy atom. The number of benzene rings is 1. The van der Waals surface area contributed by atoms with E-state index in [1.807, 2.05) is 37.4 Å². The maximum absolute atomic E-state index is 11.0. The van der Waals surface area contributed by atoms with Crippen LogP contribution in [0.4, 0.5) is 5.69 Å². The van der Waals surface area contributed by atoms with Crippen LogP contribution in [-0.2, 0) is 11.3 Å². The first-order valence-electron chi connectivity index (χ1n) is 6.76. The summed E-state index contributed by atoms with van der Waals surface area (Å²) in [7, 11) is 0. The highest BCUT2D eigenvalue weighted by Crippen LogP contribution is 2.29. The Morgan fingerprint density at radius 2 is 2.05 bits per heavy atom. The van der Waals surface area contributed by atoms with E-state index < -0.39 is 0 Å². The van der Waals surface area contributed by atoms with Crippen LogP contribution in [0.5, 0.6) is 0 Å². The van der Waals surface area contributed by atoms with Crippen LogP contribution >= 0.6 is 0 Å². The first kappa shape index (κ1) is 12.7. The molecule has 2 heterocycles. The number of aromatic nitrogens is 2. The smallest absolute Gasteiger partial charge is 0.221 e. The van der Waals surface area contributed by atoms with Crippen molar-refractivity contribution in [3.63, 3.8) is 0 Å². The monoisotopic (exact) mass is 267 g/mol. The number of aryl methyl sites for hydroxylation is 1. The highest BCUT2D eigenvalue weighted by molar-refractivity contribution is 5.89. The highest BCUT2D eigenvalue weighted by atomic mass is 16.1. The minimum Gasteiger partial charge on any atom is -0.328 e. The van der Waals surface area contributed by atoms with Crippen molar-refractivity contribution in [2.45, 2.75) is 26.8 Å². The summed E-state index contributed by atoms with van der Waals surface area (Å²) < 4.78 is 2.25. The Labute approximate surface area is 118 Å². The fourth-order valence-corrected chi connectivity index (χ4v) is 2.61. The molecule has 0 spiro atoms. The number of imidazole rings is 1. The van der Waals surface area contributed by atoms with Gasteiger partial charge in [0.05, 0.1) is 11.9 Å². The fourth-order valence-electron chi connectivity index (χ4n) is 2.61. The van der Waals surface area contributed by atoms with E-state index in [-0.39, 0.29) is 5.91 Å². The number of nitrogens with zero attached hydrogens (tertiary/aromatic N) is 2. The van der Waals surface area contributed by atoms with E-state index in [4.69, 9.17) is 0 Å². The molecule has 0 unspecified atom stereocenters. The molecule has 0 saturated carbocycles. The molecule has 1 aromatic carbocycles. The molecule has 1 aliphatic heterocycles. The second-order valence-electron chi connectivity index (χ2n) is 5.01. The van der Waals surface area contributed by atoms with E-state index in [1.165, 1.54) is 18.2 Å². The predicted octanol–water partition coefficient (Wildman–Crippen LogP) is 2.99. The SMILES string of the molecule is CC(=O)Nc1ccc(C2=CCCn3c2cnc3C)cc1. The zero-order valence-electron chi connectivity index (χ0n) is 11.7. The second-order valence-corrected chi connectivity index (χ2v) is 5.01. The maximum atomic E-state index is 11.0. The minimum absolute atomic E-state index is 0.0525. The molecule has 1 aromatic heterocycles. The average molecular weight is 267 g/mol. The summed E-state index contributed by atoms with van der Waals surface area (Å²) in [6, 6.07) is 7.93. The third kappa shape index (κ3) is 2.25. The van der Waals surface area contributed by atoms with Crippen molar-refractivity contribution in [3.05, 3.63) is 53.6 Å². The van der Waals surface area contributed by atoms with Gasteiger partial charge in [-0.15, -0.1) is 0 Å². The van der Waals surface area contributed by atoms with Crippen LogP contribution in [0.2, 0.25) is 0 Å². The molecule has 3 rings (SSSR count). The van der Waals surface area contributed by atoms with Crippen LogP contribution in [-0.4, -0.2) is 15.5 Å². The Kier molecular flexibility index (Phi) is 3.14. The second kappa shape index (κ2) is 4.96. The van der Waals surface area contributed by atoms with E-state index in [0.717, 1.165) is 30.0 Å². The van der Waals surface area contributed by atoms with Crippen LogP contribution in [0, 0.1) is 6.92 Å². The molecule has 1 N–H and O–H groups in total. The summed E-state index contributed by atoms with van der Waals surface area (Å²) in [6.07, 6.45) is 5.21. The van der Waals surface area contributed by atoms with Gasteiger partial charge in [-0.2, -0.15) is 0 Å². The van der Waals surface area contributed by atoms with Gasteiger partial charge in [0.1, 0.15) is 5.82 Å². The largest absolute Gasteiger partial charge is 0.328 e. The molecular formula is C16H17N3O. The van der Waals surface area contributed by atoms with Gasteiger partial charge in [0.2, 0.25) is 5.91 Å². The lowest BCUT2D eigenvalue weighted by molar-refractivity contribution is -0.114. The zero-order valence-corrected chi connectivity index (χ0v) is 11.7. The zero-order chi connectivity index (χ0) is 14.1. The van der Waals surface area contributed by atoms with Crippen LogP contribution in [0.1, 0.15) is 30.4 Å². The lowest BCUT2D eigenvalue weighted by Gasteiger charge is -2.18. The number of anilines is 1. The molecule has 4 nitrogen and oxygen atoms in total. The molecule has 2 aromatic rings. The Morgan fingerprint density at radius 1 is 1.30 bits per heavy atom. The van der Waals surface area contributed by atoms with Crippen LogP contribution < -0.4 is 5.32 Å². The predicted molar refractivity (Wildman–Crippen MR) is 79.4 cm³/mol. The number of carbonyl (C=O) groups excluding carboxylic acids is 1. The van der Waals surface area contributed by atoms with Gasteiger partial charge in [-0.1, -0.05) is 18.2 Å². The molecular weight excluding hydrogens is 250 g/mol. The van der Waals surface area contributed by atoms with Gasteiger partial charge in [-0.3, -0.25) is 4.79 Å². The minimum atomic E-state index is -0.0525. The highest BCUT2D eigenvalue weighted by Gasteiger charge is 2.16. The van der Waals surface area contributed by atoms with Crippen LogP contribution in [0.15, 0.2) is 36.5 Å². The summed E-state index contributed by atoms with van der Waals surface area (Å²) in [5, 5.41) is 2.78. The van der Waals surface area contributed by atoms with Gasteiger partial charge in [-0.05, 0) is 31.0 Å². The molecule has 1 amide bonds. The number of hydrogen-bond donors (Lipinski definition) is 1. The number of nitrogens with one attached hydrogen (secondary N) is 1. The molecule has 0 saturated heterocycles. The number of hydrogen-bond acceptors (Lipinski definition) is 2. The normalized spacial score (nSPS) is 13.6. The molecule has 102 valence electrons. The maximum Gasteiger partial charge on any atom is 0.221 e. The number of amides is 1. The lowest BCUT2D eigenvalue weighted by Crippen LogP contribution is -2.09. The summed E-state index contributed by atoms with van der Waals surface area (Å²) in [4.78, 5) is 15.4.